The smallest absolute Gasteiger partial charge is 0.182 e. The topological polar surface area (TPSA) is 70.0 Å². The molecule has 1 aliphatic rings. The van der Waals surface area contributed by atoms with Crippen LogP contribution in [0.2, 0.25) is 0 Å². The maximum atomic E-state index is 13.0. The molecule has 0 aromatic heterocycles. The van der Waals surface area contributed by atoms with E-state index in [4.69, 9.17) is 5.26 Å². The summed E-state index contributed by atoms with van der Waals surface area (Å²) in [5.74, 6) is -0.528. The van der Waals surface area contributed by atoms with Gasteiger partial charge in [0.1, 0.15) is 5.82 Å². The number of nitrogens with zero attached hydrogens (tertiary/aromatic N) is 1. The number of nitriles is 1. The van der Waals surface area contributed by atoms with Crippen LogP contribution in [0.25, 0.3) is 0 Å². The second-order valence-electron chi connectivity index (χ2n) is 3.96. The Morgan fingerprint density at radius 2 is 2.29 bits per heavy atom. The molecule has 6 heteroatoms. The van der Waals surface area contributed by atoms with Crippen LogP contribution < -0.4 is 5.32 Å². The summed E-state index contributed by atoms with van der Waals surface area (Å²) in [5, 5.41) is 11.4. The van der Waals surface area contributed by atoms with Crippen molar-refractivity contribution in [3.63, 3.8) is 0 Å². The minimum atomic E-state index is -3.38. The number of hydrogen-bond donors (Lipinski definition) is 1. The van der Waals surface area contributed by atoms with E-state index in [1.54, 1.807) is 0 Å². The average molecular weight is 254 g/mol. The van der Waals surface area contributed by atoms with Crippen molar-refractivity contribution in [2.24, 2.45) is 0 Å². The molecule has 2 rings (SSSR count). The zero-order valence-electron chi connectivity index (χ0n) is 8.98. The van der Waals surface area contributed by atoms with Gasteiger partial charge in [0.05, 0.1) is 22.4 Å². The van der Waals surface area contributed by atoms with E-state index in [-0.39, 0.29) is 23.1 Å². The molecule has 0 saturated heterocycles. The van der Waals surface area contributed by atoms with E-state index in [1.807, 2.05) is 6.07 Å². The highest BCUT2D eigenvalue weighted by molar-refractivity contribution is 7.91. The van der Waals surface area contributed by atoms with Crippen molar-refractivity contribution in [1.82, 2.24) is 0 Å². The fourth-order valence-corrected chi connectivity index (χ4v) is 3.58. The van der Waals surface area contributed by atoms with E-state index in [0.29, 0.717) is 12.1 Å². The molecule has 0 fully saturated rings. The van der Waals surface area contributed by atoms with Gasteiger partial charge in [-0.1, -0.05) is 0 Å². The monoisotopic (exact) mass is 254 g/mol. The van der Waals surface area contributed by atoms with Crippen LogP contribution in [0.15, 0.2) is 23.1 Å². The van der Waals surface area contributed by atoms with Crippen molar-refractivity contribution in [3.8, 4) is 6.07 Å². The summed E-state index contributed by atoms with van der Waals surface area (Å²) >= 11 is 0. The summed E-state index contributed by atoms with van der Waals surface area (Å²) in [4.78, 5) is 0.132. The van der Waals surface area contributed by atoms with Crippen LogP contribution in [-0.2, 0) is 9.84 Å². The average Bonchev–Trinajstić information content (AvgIpc) is 2.24. The SMILES string of the molecule is N#CCCC1CS(=O)(=O)c2ccc(F)cc2N1. The third-order valence-electron chi connectivity index (χ3n) is 2.66. The lowest BCUT2D eigenvalue weighted by molar-refractivity contribution is 0.578. The highest BCUT2D eigenvalue weighted by Crippen LogP contribution is 2.30. The number of fused-ring (bicyclic) bond motifs is 1. The predicted octanol–water partition coefficient (Wildman–Crippen LogP) is 1.70. The Hall–Kier alpha value is -1.61. The second-order valence-corrected chi connectivity index (χ2v) is 5.96. The van der Waals surface area contributed by atoms with Gasteiger partial charge in [0.2, 0.25) is 0 Å². The van der Waals surface area contributed by atoms with Crippen molar-refractivity contribution >= 4 is 15.5 Å². The summed E-state index contributed by atoms with van der Waals surface area (Å²) in [6, 6.07) is 5.22. The van der Waals surface area contributed by atoms with Gasteiger partial charge in [0.25, 0.3) is 0 Å². The zero-order chi connectivity index (χ0) is 12.5. The lowest BCUT2D eigenvalue weighted by Crippen LogP contribution is -2.34. The van der Waals surface area contributed by atoms with E-state index >= 15 is 0 Å². The lowest BCUT2D eigenvalue weighted by atomic mass is 10.1. The molecule has 0 saturated carbocycles. The molecule has 1 heterocycles. The van der Waals surface area contributed by atoms with Gasteiger partial charge in [0.15, 0.2) is 9.84 Å². The van der Waals surface area contributed by atoms with Gasteiger partial charge in [-0.3, -0.25) is 0 Å². The first kappa shape index (κ1) is 11.9. The van der Waals surface area contributed by atoms with Gasteiger partial charge in [-0.05, 0) is 24.6 Å². The summed E-state index contributed by atoms with van der Waals surface area (Å²) in [7, 11) is -3.38. The Morgan fingerprint density at radius 1 is 1.53 bits per heavy atom. The van der Waals surface area contributed by atoms with E-state index in [2.05, 4.69) is 5.32 Å². The first-order chi connectivity index (χ1) is 8.03. The number of rotatable bonds is 2. The molecule has 0 amide bonds. The minimum absolute atomic E-state index is 0.0483. The third-order valence-corrected chi connectivity index (χ3v) is 4.53. The maximum absolute atomic E-state index is 13.0. The van der Waals surface area contributed by atoms with Gasteiger partial charge < -0.3 is 5.32 Å². The molecular formula is C11H11FN2O2S. The van der Waals surface area contributed by atoms with Crippen molar-refractivity contribution in [2.75, 3.05) is 11.1 Å². The highest BCUT2D eigenvalue weighted by Gasteiger charge is 2.29. The third kappa shape index (κ3) is 2.39. The van der Waals surface area contributed by atoms with Crippen molar-refractivity contribution in [3.05, 3.63) is 24.0 Å². The lowest BCUT2D eigenvalue weighted by Gasteiger charge is -2.26. The Bertz CT molecular complexity index is 578. The van der Waals surface area contributed by atoms with Crippen LogP contribution >= 0.6 is 0 Å². The molecule has 1 atom stereocenters. The summed E-state index contributed by atoms with van der Waals surface area (Å²) in [6.45, 7) is 0. The molecule has 1 unspecified atom stereocenters. The van der Waals surface area contributed by atoms with Crippen LogP contribution in [-0.4, -0.2) is 20.2 Å². The normalized spacial score (nSPS) is 21.1. The van der Waals surface area contributed by atoms with Crippen molar-refractivity contribution in [1.29, 1.82) is 5.26 Å². The molecule has 0 aliphatic carbocycles. The molecule has 90 valence electrons. The first-order valence-corrected chi connectivity index (χ1v) is 6.84. The summed E-state index contributed by atoms with van der Waals surface area (Å²) in [6.07, 6.45) is 0.712. The van der Waals surface area contributed by atoms with Gasteiger partial charge in [0, 0.05) is 12.5 Å². The molecule has 1 aliphatic heterocycles. The second kappa shape index (κ2) is 4.34. The maximum Gasteiger partial charge on any atom is 0.182 e. The summed E-state index contributed by atoms with van der Waals surface area (Å²) in [5.41, 5.74) is 0.291. The standard InChI is InChI=1S/C11H11FN2O2S/c12-8-3-4-11-10(6-8)14-9(2-1-5-13)7-17(11,15)16/h3-4,6,9,14H,1-2,7H2. The zero-order valence-corrected chi connectivity index (χ0v) is 9.80. The van der Waals surface area contributed by atoms with Crippen molar-refractivity contribution < 1.29 is 12.8 Å². The molecule has 0 spiro atoms. The quantitative estimate of drug-likeness (QED) is 0.815. The van der Waals surface area contributed by atoms with E-state index in [9.17, 15) is 12.8 Å². The molecular weight excluding hydrogens is 243 g/mol. The molecule has 0 radical (unpaired) electrons. The van der Waals surface area contributed by atoms with Gasteiger partial charge >= 0.3 is 0 Å². The molecule has 4 nitrogen and oxygen atoms in total. The van der Waals surface area contributed by atoms with Gasteiger partial charge in [-0.15, -0.1) is 0 Å². The fraction of sp³-hybridized carbons (Fsp3) is 0.364. The Kier molecular flexibility index (Phi) is 3.03. The van der Waals surface area contributed by atoms with Gasteiger partial charge in [-0.2, -0.15) is 5.26 Å². The molecule has 1 N–H and O–H groups in total. The molecule has 0 bridgehead atoms. The fourth-order valence-electron chi connectivity index (χ4n) is 1.90. The Balaban J connectivity index is 2.35. The summed E-state index contributed by atoms with van der Waals surface area (Å²) < 4.78 is 36.9. The highest BCUT2D eigenvalue weighted by atomic mass is 32.2. The number of benzene rings is 1. The van der Waals surface area contributed by atoms with Crippen LogP contribution in [0.1, 0.15) is 12.8 Å². The van der Waals surface area contributed by atoms with Crippen LogP contribution in [0, 0.1) is 17.1 Å². The van der Waals surface area contributed by atoms with Crippen molar-refractivity contribution in [2.45, 2.75) is 23.8 Å². The molecule has 17 heavy (non-hydrogen) atoms. The minimum Gasteiger partial charge on any atom is -0.380 e. The van der Waals surface area contributed by atoms with E-state index < -0.39 is 15.7 Å². The van der Waals surface area contributed by atoms with Crippen LogP contribution in [0.5, 0.6) is 0 Å². The van der Waals surface area contributed by atoms with Crippen LogP contribution in [0.4, 0.5) is 10.1 Å². The van der Waals surface area contributed by atoms with E-state index in [1.165, 1.54) is 12.1 Å². The number of halogens is 1. The molecule has 1 aromatic rings. The largest absolute Gasteiger partial charge is 0.380 e. The number of hydrogen-bond acceptors (Lipinski definition) is 4. The number of anilines is 1. The molecule has 1 aromatic carbocycles. The Morgan fingerprint density at radius 3 is 3.00 bits per heavy atom. The van der Waals surface area contributed by atoms with Crippen LogP contribution in [0.3, 0.4) is 0 Å². The van der Waals surface area contributed by atoms with E-state index in [0.717, 1.165) is 6.07 Å². The first-order valence-electron chi connectivity index (χ1n) is 5.19. The Labute approximate surface area is 99.0 Å². The van der Waals surface area contributed by atoms with Gasteiger partial charge in [-0.25, -0.2) is 12.8 Å². The predicted molar refractivity (Wildman–Crippen MR) is 60.7 cm³/mol. The number of sulfone groups is 1. The number of nitrogens with one attached hydrogen (secondary N) is 1.